The fraction of sp³-hybridized carbons (Fsp3) is 0.348. The number of phenols is 1. The molecule has 0 atom stereocenters. The van der Waals surface area contributed by atoms with Crippen LogP contribution >= 0.6 is 0 Å². The normalized spacial score (nSPS) is 14.1. The monoisotopic (exact) mass is 364 g/mol. The Morgan fingerprint density at radius 3 is 2.19 bits per heavy atom. The van der Waals surface area contributed by atoms with Gasteiger partial charge in [-0.2, -0.15) is 0 Å². The van der Waals surface area contributed by atoms with Crippen molar-refractivity contribution in [2.24, 2.45) is 0 Å². The second kappa shape index (κ2) is 8.87. The number of nitrogens with one attached hydrogen (secondary N) is 1. The largest absolute Gasteiger partial charge is 0.508 e. The van der Waals surface area contributed by atoms with E-state index in [1.807, 2.05) is 61.2 Å². The molecule has 2 aromatic rings. The molecule has 1 aliphatic heterocycles. The molecule has 0 saturated carbocycles. The van der Waals surface area contributed by atoms with E-state index in [4.69, 9.17) is 0 Å². The zero-order valence-corrected chi connectivity index (χ0v) is 16.2. The zero-order chi connectivity index (χ0) is 19.2. The Labute approximate surface area is 161 Å². The highest BCUT2D eigenvalue weighted by Crippen LogP contribution is 2.32. The molecule has 0 spiro atoms. The van der Waals surface area contributed by atoms with E-state index < -0.39 is 0 Å². The summed E-state index contributed by atoms with van der Waals surface area (Å²) in [5, 5.41) is 13.4. The van der Waals surface area contributed by atoms with E-state index in [2.05, 4.69) is 5.32 Å². The standard InChI is InChI=1S/C23H28N2O2/c1-3-25(4-2)23(27)19-10-8-17(9-11-19)22(18-12-14-24-15-13-18)20-6-5-7-21(26)16-20/h5-11,16,24,26H,3-4,12-15H2,1-2H3. The van der Waals surface area contributed by atoms with Gasteiger partial charge in [-0.25, -0.2) is 0 Å². The third kappa shape index (κ3) is 4.40. The second-order valence-corrected chi connectivity index (χ2v) is 6.83. The molecule has 1 amide bonds. The number of phenolic OH excluding ortho intramolecular Hbond substituents is 1. The van der Waals surface area contributed by atoms with Gasteiger partial charge in [0.15, 0.2) is 0 Å². The number of amides is 1. The number of nitrogens with zero attached hydrogens (tertiary/aromatic N) is 1. The van der Waals surface area contributed by atoms with Gasteiger partial charge < -0.3 is 15.3 Å². The number of piperidine rings is 1. The highest BCUT2D eigenvalue weighted by Gasteiger charge is 2.17. The second-order valence-electron chi connectivity index (χ2n) is 6.83. The van der Waals surface area contributed by atoms with Crippen molar-refractivity contribution in [3.63, 3.8) is 0 Å². The molecule has 27 heavy (non-hydrogen) atoms. The molecule has 1 heterocycles. The average molecular weight is 364 g/mol. The van der Waals surface area contributed by atoms with Crippen molar-refractivity contribution >= 4 is 11.5 Å². The lowest BCUT2D eigenvalue weighted by molar-refractivity contribution is 0.0773. The smallest absolute Gasteiger partial charge is 0.253 e. The lowest BCUT2D eigenvalue weighted by Gasteiger charge is -2.22. The summed E-state index contributed by atoms with van der Waals surface area (Å²) in [6.45, 7) is 7.35. The van der Waals surface area contributed by atoms with Crippen molar-refractivity contribution in [3.05, 3.63) is 70.8 Å². The third-order valence-electron chi connectivity index (χ3n) is 5.17. The topological polar surface area (TPSA) is 52.6 Å². The summed E-state index contributed by atoms with van der Waals surface area (Å²) in [4.78, 5) is 14.4. The summed E-state index contributed by atoms with van der Waals surface area (Å²) in [7, 11) is 0. The molecule has 0 aliphatic carbocycles. The van der Waals surface area contributed by atoms with E-state index in [9.17, 15) is 9.90 Å². The van der Waals surface area contributed by atoms with Crippen LogP contribution in [0.1, 0.15) is 48.2 Å². The summed E-state index contributed by atoms with van der Waals surface area (Å²) in [6.07, 6.45) is 1.98. The van der Waals surface area contributed by atoms with E-state index in [1.165, 1.54) is 11.1 Å². The van der Waals surface area contributed by atoms with Gasteiger partial charge in [0.1, 0.15) is 5.75 Å². The van der Waals surface area contributed by atoms with Crippen LogP contribution in [0, 0.1) is 0 Å². The van der Waals surface area contributed by atoms with Crippen molar-refractivity contribution < 1.29 is 9.90 Å². The minimum atomic E-state index is 0.0694. The van der Waals surface area contributed by atoms with Crippen LogP contribution < -0.4 is 5.32 Å². The first kappa shape index (κ1) is 19.2. The van der Waals surface area contributed by atoms with Crippen LogP contribution in [0.25, 0.3) is 5.57 Å². The predicted molar refractivity (Wildman–Crippen MR) is 110 cm³/mol. The minimum Gasteiger partial charge on any atom is -0.508 e. The number of aromatic hydroxyl groups is 1. The molecule has 2 aromatic carbocycles. The van der Waals surface area contributed by atoms with Gasteiger partial charge in [0.2, 0.25) is 0 Å². The summed E-state index contributed by atoms with van der Waals surface area (Å²) in [5.74, 6) is 0.341. The summed E-state index contributed by atoms with van der Waals surface area (Å²) in [6, 6.07) is 15.3. The number of hydrogen-bond donors (Lipinski definition) is 2. The molecule has 4 nitrogen and oxygen atoms in total. The van der Waals surface area contributed by atoms with E-state index in [1.54, 1.807) is 6.07 Å². The fourth-order valence-electron chi connectivity index (χ4n) is 3.69. The van der Waals surface area contributed by atoms with Gasteiger partial charge in [-0.15, -0.1) is 0 Å². The van der Waals surface area contributed by atoms with Crippen molar-refractivity contribution in [2.75, 3.05) is 26.2 Å². The minimum absolute atomic E-state index is 0.0694. The van der Waals surface area contributed by atoms with E-state index >= 15 is 0 Å². The molecule has 4 heteroatoms. The van der Waals surface area contributed by atoms with Crippen LogP contribution in [0.2, 0.25) is 0 Å². The Morgan fingerprint density at radius 1 is 0.963 bits per heavy atom. The fourth-order valence-corrected chi connectivity index (χ4v) is 3.69. The molecule has 0 bridgehead atoms. The van der Waals surface area contributed by atoms with Crippen molar-refractivity contribution in [1.82, 2.24) is 10.2 Å². The molecule has 0 radical (unpaired) electrons. The number of benzene rings is 2. The highest BCUT2D eigenvalue weighted by atomic mass is 16.3. The first-order valence-corrected chi connectivity index (χ1v) is 9.75. The molecule has 1 fully saturated rings. The van der Waals surface area contributed by atoms with Gasteiger partial charge in [-0.05, 0) is 80.7 Å². The Balaban J connectivity index is 1.99. The third-order valence-corrected chi connectivity index (χ3v) is 5.17. The maximum Gasteiger partial charge on any atom is 0.253 e. The van der Waals surface area contributed by atoms with Crippen molar-refractivity contribution in [2.45, 2.75) is 26.7 Å². The van der Waals surface area contributed by atoms with Crippen LogP contribution in [0.3, 0.4) is 0 Å². The highest BCUT2D eigenvalue weighted by molar-refractivity contribution is 5.95. The summed E-state index contributed by atoms with van der Waals surface area (Å²) in [5.41, 5.74) is 5.40. The van der Waals surface area contributed by atoms with Crippen LogP contribution in [0.15, 0.2) is 54.1 Å². The van der Waals surface area contributed by atoms with Crippen molar-refractivity contribution in [1.29, 1.82) is 0 Å². The summed E-state index contributed by atoms with van der Waals surface area (Å²) < 4.78 is 0. The summed E-state index contributed by atoms with van der Waals surface area (Å²) >= 11 is 0. The molecule has 0 unspecified atom stereocenters. The van der Waals surface area contributed by atoms with E-state index in [0.29, 0.717) is 18.7 Å². The Morgan fingerprint density at radius 2 is 1.59 bits per heavy atom. The van der Waals surface area contributed by atoms with Crippen LogP contribution in [-0.4, -0.2) is 42.1 Å². The number of rotatable bonds is 5. The number of carbonyl (C=O) groups excluding carboxylic acids is 1. The molecular formula is C23H28N2O2. The Hall–Kier alpha value is -2.59. The SMILES string of the molecule is CCN(CC)C(=O)c1ccc(C(=C2CCNCC2)c2cccc(O)c2)cc1. The first-order valence-electron chi connectivity index (χ1n) is 9.75. The zero-order valence-electron chi connectivity index (χ0n) is 16.2. The average Bonchev–Trinajstić information content (AvgIpc) is 2.70. The van der Waals surface area contributed by atoms with Gasteiger partial charge >= 0.3 is 0 Å². The van der Waals surface area contributed by atoms with Gasteiger partial charge in [0.25, 0.3) is 5.91 Å². The van der Waals surface area contributed by atoms with Crippen LogP contribution in [0.5, 0.6) is 5.75 Å². The quantitative estimate of drug-likeness (QED) is 0.841. The van der Waals surface area contributed by atoms with E-state index in [0.717, 1.165) is 37.1 Å². The Bertz CT molecular complexity index is 813. The van der Waals surface area contributed by atoms with E-state index in [-0.39, 0.29) is 11.7 Å². The molecule has 1 aliphatic rings. The first-order chi connectivity index (χ1) is 13.1. The predicted octanol–water partition coefficient (Wildman–Crippen LogP) is 4.06. The Kier molecular flexibility index (Phi) is 6.30. The van der Waals surface area contributed by atoms with Gasteiger partial charge in [0.05, 0.1) is 0 Å². The van der Waals surface area contributed by atoms with Crippen molar-refractivity contribution in [3.8, 4) is 5.75 Å². The molecule has 1 saturated heterocycles. The van der Waals surface area contributed by atoms with Crippen LogP contribution in [-0.2, 0) is 0 Å². The molecule has 0 aromatic heterocycles. The molecule has 142 valence electrons. The van der Waals surface area contributed by atoms with Gasteiger partial charge in [0, 0.05) is 18.7 Å². The molecular weight excluding hydrogens is 336 g/mol. The number of carbonyl (C=O) groups is 1. The number of hydrogen-bond acceptors (Lipinski definition) is 3. The van der Waals surface area contributed by atoms with Gasteiger partial charge in [-0.1, -0.05) is 29.8 Å². The molecule has 3 rings (SSSR count). The van der Waals surface area contributed by atoms with Crippen LogP contribution in [0.4, 0.5) is 0 Å². The lowest BCUT2D eigenvalue weighted by Crippen LogP contribution is -2.30. The van der Waals surface area contributed by atoms with Gasteiger partial charge in [-0.3, -0.25) is 4.79 Å². The lowest BCUT2D eigenvalue weighted by atomic mass is 9.88. The maximum atomic E-state index is 12.6. The maximum absolute atomic E-state index is 12.6. The molecule has 2 N–H and O–H groups in total.